The Morgan fingerprint density at radius 3 is 2.33 bits per heavy atom. The molecule has 10 nitrogen and oxygen atoms in total. The molecule has 0 aliphatic carbocycles. The first-order chi connectivity index (χ1) is 14.3. The van der Waals surface area contributed by atoms with Crippen LogP contribution in [0.25, 0.3) is 0 Å². The van der Waals surface area contributed by atoms with E-state index in [2.05, 4.69) is 21.3 Å². The summed E-state index contributed by atoms with van der Waals surface area (Å²) in [5.41, 5.74) is 5.51. The first kappa shape index (κ1) is 26.2. The second kappa shape index (κ2) is 14.2. The molecule has 0 spiro atoms. The van der Waals surface area contributed by atoms with Gasteiger partial charge in [0.15, 0.2) is 0 Å². The maximum absolute atomic E-state index is 12.9. The molecule has 1 aliphatic rings. The van der Waals surface area contributed by atoms with E-state index in [-0.39, 0.29) is 11.9 Å². The fraction of sp³-hybridized carbons (Fsp3) is 0.789. The fourth-order valence-electron chi connectivity index (χ4n) is 3.09. The Kier molecular flexibility index (Phi) is 12.4. The quantitative estimate of drug-likeness (QED) is 0.189. The number of hydrogen-bond acceptors (Lipinski definition) is 7. The van der Waals surface area contributed by atoms with Crippen LogP contribution in [-0.2, 0) is 19.2 Å². The Hall–Kier alpha value is -1.85. The monoisotopic (exact) mass is 445 g/mol. The molecule has 4 atom stereocenters. The van der Waals surface area contributed by atoms with Gasteiger partial charge >= 0.3 is 5.97 Å². The highest BCUT2D eigenvalue weighted by Gasteiger charge is 2.30. The average Bonchev–Trinajstić information content (AvgIpc) is 3.25. The zero-order valence-electron chi connectivity index (χ0n) is 17.7. The number of carbonyl (C=O) groups excluding carboxylic acids is 3. The highest BCUT2D eigenvalue weighted by atomic mass is 32.2. The molecule has 1 aliphatic heterocycles. The number of thioether (sulfide) groups is 1. The van der Waals surface area contributed by atoms with Crippen LogP contribution in [0.15, 0.2) is 0 Å². The van der Waals surface area contributed by atoms with Crippen LogP contribution < -0.4 is 27.0 Å². The van der Waals surface area contributed by atoms with Gasteiger partial charge in [0.2, 0.25) is 17.7 Å². The summed E-state index contributed by atoms with van der Waals surface area (Å²) >= 11 is 1.56. The lowest BCUT2D eigenvalue weighted by atomic mass is 10.1. The summed E-state index contributed by atoms with van der Waals surface area (Å²) in [6.07, 6.45) is 5.57. The van der Waals surface area contributed by atoms with Crippen molar-refractivity contribution in [3.05, 3.63) is 0 Å². The Balaban J connectivity index is 2.80. The van der Waals surface area contributed by atoms with E-state index in [1.165, 1.54) is 6.92 Å². The summed E-state index contributed by atoms with van der Waals surface area (Å²) in [5.74, 6) is -1.74. The van der Waals surface area contributed by atoms with E-state index in [0.29, 0.717) is 38.0 Å². The van der Waals surface area contributed by atoms with Crippen molar-refractivity contribution in [2.75, 3.05) is 25.1 Å². The third-order valence-corrected chi connectivity index (χ3v) is 5.57. The smallest absolute Gasteiger partial charge is 0.325 e. The van der Waals surface area contributed by atoms with Crippen LogP contribution in [0.1, 0.15) is 45.4 Å². The van der Waals surface area contributed by atoms with E-state index in [1.807, 2.05) is 6.26 Å². The first-order valence-corrected chi connectivity index (χ1v) is 11.8. The van der Waals surface area contributed by atoms with Gasteiger partial charge in [-0.15, -0.1) is 0 Å². The van der Waals surface area contributed by atoms with Crippen molar-refractivity contribution >= 4 is 35.5 Å². The molecule has 1 fully saturated rings. The summed E-state index contributed by atoms with van der Waals surface area (Å²) in [6.45, 7) is 2.58. The zero-order chi connectivity index (χ0) is 22.5. The SMILES string of the molecule is CSCCC(NC(=O)C1CCCN1)C(=O)NC(CCCCN)C(=O)NC(C)C(=O)O. The Labute approximate surface area is 181 Å². The summed E-state index contributed by atoms with van der Waals surface area (Å²) in [5, 5.41) is 20.0. The van der Waals surface area contributed by atoms with Crippen LogP contribution in [0.2, 0.25) is 0 Å². The van der Waals surface area contributed by atoms with Crippen LogP contribution in [0, 0.1) is 0 Å². The number of aliphatic carboxylic acids is 1. The number of nitrogens with one attached hydrogen (secondary N) is 4. The van der Waals surface area contributed by atoms with Crippen LogP contribution in [-0.4, -0.2) is 78.1 Å². The third kappa shape index (κ3) is 9.31. The molecular weight excluding hydrogens is 410 g/mol. The van der Waals surface area contributed by atoms with Crippen LogP contribution in [0.3, 0.4) is 0 Å². The maximum Gasteiger partial charge on any atom is 0.325 e. The molecule has 1 heterocycles. The minimum atomic E-state index is -1.16. The van der Waals surface area contributed by atoms with E-state index in [0.717, 1.165) is 19.4 Å². The molecule has 0 aromatic carbocycles. The van der Waals surface area contributed by atoms with Crippen molar-refractivity contribution in [1.82, 2.24) is 21.3 Å². The minimum absolute atomic E-state index is 0.225. The van der Waals surface area contributed by atoms with Gasteiger partial charge in [-0.3, -0.25) is 19.2 Å². The standard InChI is InChI=1S/C19H35N5O5S/c1-12(19(28)29)22-17(26)14(6-3-4-9-20)23-18(27)15(8-11-30-2)24-16(25)13-7-5-10-21-13/h12-15,21H,3-11,20H2,1-2H3,(H,22,26)(H,23,27)(H,24,25)(H,28,29). The highest BCUT2D eigenvalue weighted by Crippen LogP contribution is 2.08. The molecule has 30 heavy (non-hydrogen) atoms. The molecule has 0 radical (unpaired) electrons. The lowest BCUT2D eigenvalue weighted by Gasteiger charge is -2.24. The lowest BCUT2D eigenvalue weighted by Crippen LogP contribution is -2.56. The van der Waals surface area contributed by atoms with Gasteiger partial charge in [-0.25, -0.2) is 0 Å². The van der Waals surface area contributed by atoms with Gasteiger partial charge in [0, 0.05) is 0 Å². The van der Waals surface area contributed by atoms with Crippen LogP contribution in [0.4, 0.5) is 0 Å². The number of carboxylic acids is 1. The van der Waals surface area contributed by atoms with E-state index in [1.54, 1.807) is 11.8 Å². The maximum atomic E-state index is 12.9. The minimum Gasteiger partial charge on any atom is -0.480 e. The number of nitrogens with two attached hydrogens (primary N) is 1. The van der Waals surface area contributed by atoms with Crippen molar-refractivity contribution in [2.24, 2.45) is 5.73 Å². The molecule has 0 aromatic heterocycles. The van der Waals surface area contributed by atoms with E-state index in [9.17, 15) is 19.2 Å². The molecular formula is C19H35N5O5S. The van der Waals surface area contributed by atoms with Crippen molar-refractivity contribution in [2.45, 2.75) is 69.6 Å². The Morgan fingerprint density at radius 2 is 1.77 bits per heavy atom. The molecule has 0 bridgehead atoms. The zero-order valence-corrected chi connectivity index (χ0v) is 18.6. The summed E-state index contributed by atoms with van der Waals surface area (Å²) in [6, 6.07) is -3.06. The Bertz CT molecular complexity index is 586. The van der Waals surface area contributed by atoms with Gasteiger partial charge < -0.3 is 32.1 Å². The van der Waals surface area contributed by atoms with Gasteiger partial charge in [0.25, 0.3) is 0 Å². The van der Waals surface area contributed by atoms with Crippen molar-refractivity contribution in [3.63, 3.8) is 0 Å². The number of carboxylic acid groups (broad SMARTS) is 1. The molecule has 1 rings (SSSR count). The summed E-state index contributed by atoms with van der Waals surface area (Å²) < 4.78 is 0. The number of amides is 3. The average molecular weight is 446 g/mol. The molecule has 11 heteroatoms. The molecule has 0 aromatic rings. The normalized spacial score (nSPS) is 18.8. The van der Waals surface area contributed by atoms with Gasteiger partial charge in [-0.2, -0.15) is 11.8 Å². The van der Waals surface area contributed by atoms with Crippen molar-refractivity contribution in [1.29, 1.82) is 0 Å². The topological polar surface area (TPSA) is 163 Å². The number of carbonyl (C=O) groups is 4. The molecule has 7 N–H and O–H groups in total. The second-order valence-electron chi connectivity index (χ2n) is 7.41. The van der Waals surface area contributed by atoms with Gasteiger partial charge in [-0.05, 0) is 70.5 Å². The predicted octanol–water partition coefficient (Wildman–Crippen LogP) is -0.821. The molecule has 1 saturated heterocycles. The van der Waals surface area contributed by atoms with Gasteiger partial charge in [-0.1, -0.05) is 0 Å². The largest absolute Gasteiger partial charge is 0.480 e. The van der Waals surface area contributed by atoms with Crippen LogP contribution in [0.5, 0.6) is 0 Å². The third-order valence-electron chi connectivity index (χ3n) is 4.93. The van der Waals surface area contributed by atoms with E-state index in [4.69, 9.17) is 10.8 Å². The van der Waals surface area contributed by atoms with Crippen molar-refractivity contribution in [3.8, 4) is 0 Å². The summed E-state index contributed by atoms with van der Waals surface area (Å²) in [7, 11) is 0. The number of unbranched alkanes of at least 4 members (excludes halogenated alkanes) is 1. The molecule has 0 saturated carbocycles. The molecule has 3 amide bonds. The van der Waals surface area contributed by atoms with Crippen molar-refractivity contribution < 1.29 is 24.3 Å². The molecule has 4 unspecified atom stereocenters. The van der Waals surface area contributed by atoms with E-state index < -0.39 is 35.9 Å². The first-order valence-electron chi connectivity index (χ1n) is 10.4. The van der Waals surface area contributed by atoms with Crippen LogP contribution >= 0.6 is 11.8 Å². The lowest BCUT2D eigenvalue weighted by molar-refractivity contribution is -0.141. The highest BCUT2D eigenvalue weighted by molar-refractivity contribution is 7.98. The fourth-order valence-corrected chi connectivity index (χ4v) is 3.57. The van der Waals surface area contributed by atoms with Gasteiger partial charge in [0.1, 0.15) is 18.1 Å². The summed E-state index contributed by atoms with van der Waals surface area (Å²) in [4.78, 5) is 48.9. The second-order valence-corrected chi connectivity index (χ2v) is 8.39. The predicted molar refractivity (Wildman–Crippen MR) is 116 cm³/mol. The van der Waals surface area contributed by atoms with Gasteiger partial charge in [0.05, 0.1) is 6.04 Å². The molecule has 172 valence electrons. The van der Waals surface area contributed by atoms with E-state index >= 15 is 0 Å². The number of rotatable bonds is 14. The Morgan fingerprint density at radius 1 is 1.10 bits per heavy atom. The number of hydrogen-bond donors (Lipinski definition) is 6.